The number of carbonyl (C=O) groups is 1. The van der Waals surface area contributed by atoms with E-state index in [9.17, 15) is 4.79 Å². The first-order chi connectivity index (χ1) is 10.3. The van der Waals surface area contributed by atoms with Gasteiger partial charge < -0.3 is 16.6 Å². The third kappa shape index (κ3) is 7.06. The summed E-state index contributed by atoms with van der Waals surface area (Å²) in [6, 6.07) is 9.91. The molecule has 119 valence electrons. The SMILES string of the molecule is CC.[CH2-]CCC=CCN1C(=O)C[C@@H]1COc1ccccc1.[Y]. The number of allylic oxidation sites excluding steroid dienone is 1. The fourth-order valence-electron chi connectivity index (χ4n) is 2.05. The van der Waals surface area contributed by atoms with Crippen LogP contribution >= 0.6 is 0 Å². The van der Waals surface area contributed by atoms with Gasteiger partial charge in [-0.05, 0) is 12.1 Å². The summed E-state index contributed by atoms with van der Waals surface area (Å²) in [5.41, 5.74) is 0. The molecule has 1 heterocycles. The van der Waals surface area contributed by atoms with Crippen molar-refractivity contribution in [3.05, 3.63) is 49.4 Å². The normalized spacial score (nSPS) is 16.4. The maximum atomic E-state index is 11.5. The van der Waals surface area contributed by atoms with Crippen molar-refractivity contribution in [3.8, 4) is 5.75 Å². The van der Waals surface area contributed by atoms with Crippen molar-refractivity contribution in [2.75, 3.05) is 13.2 Å². The topological polar surface area (TPSA) is 29.5 Å². The van der Waals surface area contributed by atoms with Gasteiger partial charge in [-0.3, -0.25) is 4.79 Å². The summed E-state index contributed by atoms with van der Waals surface area (Å²) in [4.78, 5) is 13.4. The molecule has 22 heavy (non-hydrogen) atoms. The van der Waals surface area contributed by atoms with Gasteiger partial charge in [-0.15, -0.1) is 0 Å². The van der Waals surface area contributed by atoms with Crippen molar-refractivity contribution in [2.24, 2.45) is 0 Å². The average Bonchev–Trinajstić information content (AvgIpc) is 2.54. The molecule has 0 bridgehead atoms. The quantitative estimate of drug-likeness (QED) is 0.410. The van der Waals surface area contributed by atoms with Gasteiger partial charge >= 0.3 is 0 Å². The van der Waals surface area contributed by atoms with Crippen LogP contribution in [0.15, 0.2) is 42.5 Å². The van der Waals surface area contributed by atoms with E-state index in [1.807, 2.05) is 55.2 Å². The molecular formula is C18H26NO2Y-. The van der Waals surface area contributed by atoms with Gasteiger partial charge in [0.25, 0.3) is 0 Å². The molecule has 0 spiro atoms. The molecule has 0 unspecified atom stereocenters. The van der Waals surface area contributed by atoms with E-state index in [-0.39, 0.29) is 44.7 Å². The van der Waals surface area contributed by atoms with Gasteiger partial charge in [-0.25, -0.2) is 0 Å². The molecule has 4 heteroatoms. The maximum Gasteiger partial charge on any atom is 0.225 e. The smallest absolute Gasteiger partial charge is 0.225 e. The molecule has 1 radical (unpaired) electrons. The zero-order chi connectivity index (χ0) is 15.5. The summed E-state index contributed by atoms with van der Waals surface area (Å²) in [7, 11) is 0. The molecule has 1 aromatic rings. The van der Waals surface area contributed by atoms with Crippen molar-refractivity contribution in [2.45, 2.75) is 39.2 Å². The Morgan fingerprint density at radius 3 is 2.55 bits per heavy atom. The van der Waals surface area contributed by atoms with E-state index in [1.165, 1.54) is 0 Å². The Balaban J connectivity index is 0.00000141. The van der Waals surface area contributed by atoms with E-state index < -0.39 is 0 Å². The molecule has 1 atom stereocenters. The van der Waals surface area contributed by atoms with Gasteiger partial charge in [0.2, 0.25) is 5.91 Å². The fraction of sp³-hybridized carbons (Fsp3) is 0.444. The molecule has 1 saturated heterocycles. The summed E-state index contributed by atoms with van der Waals surface area (Å²) in [6.45, 7) is 9.03. The summed E-state index contributed by atoms with van der Waals surface area (Å²) >= 11 is 0. The van der Waals surface area contributed by atoms with Crippen molar-refractivity contribution in [1.82, 2.24) is 4.90 Å². The zero-order valence-electron chi connectivity index (χ0n) is 13.7. The van der Waals surface area contributed by atoms with Crippen LogP contribution in [0.2, 0.25) is 0 Å². The van der Waals surface area contributed by atoms with Crippen LogP contribution in [-0.2, 0) is 37.5 Å². The largest absolute Gasteiger partial charge is 0.491 e. The summed E-state index contributed by atoms with van der Waals surface area (Å²) < 4.78 is 5.69. The third-order valence-electron chi connectivity index (χ3n) is 3.20. The number of unbranched alkanes of at least 4 members (excludes halogenated alkanes) is 1. The second-order valence-electron chi connectivity index (χ2n) is 4.64. The fourth-order valence-corrected chi connectivity index (χ4v) is 2.05. The molecule has 0 aliphatic carbocycles. The predicted octanol–water partition coefficient (Wildman–Crippen LogP) is 3.86. The molecule has 0 saturated carbocycles. The number of hydrogen-bond donors (Lipinski definition) is 0. The van der Waals surface area contributed by atoms with Crippen molar-refractivity contribution in [1.29, 1.82) is 0 Å². The number of hydrogen-bond acceptors (Lipinski definition) is 2. The zero-order valence-corrected chi connectivity index (χ0v) is 16.5. The summed E-state index contributed by atoms with van der Waals surface area (Å²) in [5.74, 6) is 1.07. The van der Waals surface area contributed by atoms with Gasteiger partial charge in [0.15, 0.2) is 0 Å². The van der Waals surface area contributed by atoms with Crippen molar-refractivity contribution in [3.63, 3.8) is 0 Å². The number of amides is 1. The molecule has 0 aromatic heterocycles. The van der Waals surface area contributed by atoms with Crippen LogP contribution in [0, 0.1) is 6.92 Å². The van der Waals surface area contributed by atoms with Gasteiger partial charge in [-0.1, -0.05) is 50.6 Å². The molecular weight excluding hydrogens is 351 g/mol. The molecule has 2 rings (SSSR count). The van der Waals surface area contributed by atoms with Crippen LogP contribution in [0.25, 0.3) is 0 Å². The van der Waals surface area contributed by atoms with Crippen LogP contribution in [0.4, 0.5) is 0 Å². The second kappa shape index (κ2) is 12.8. The number of ether oxygens (including phenoxy) is 1. The second-order valence-corrected chi connectivity index (χ2v) is 4.64. The Labute approximate surface area is 160 Å². The first kappa shape index (κ1) is 21.3. The molecule has 0 N–H and O–H groups in total. The van der Waals surface area contributed by atoms with E-state index in [2.05, 4.69) is 13.0 Å². The van der Waals surface area contributed by atoms with Gasteiger partial charge in [0.05, 0.1) is 12.5 Å². The minimum atomic E-state index is 0. The number of carbonyl (C=O) groups excluding carboxylic acids is 1. The number of nitrogens with zero attached hydrogens (tertiary/aromatic N) is 1. The number of para-hydroxylation sites is 1. The van der Waals surface area contributed by atoms with Crippen LogP contribution in [0.1, 0.15) is 33.1 Å². The van der Waals surface area contributed by atoms with Gasteiger partial charge in [-0.2, -0.15) is 6.42 Å². The standard InChI is InChI=1S/C16H20NO2.C2H6.Y/c1-2-3-4-8-11-17-14(12-16(17)18)13-19-15-9-6-5-7-10-15;1-2;/h4-10,14H,1-3,11-13H2;1-2H3;/q-1;;/t14-;;/m1../s1. The average molecular weight is 377 g/mol. The number of likely N-dealkylation sites (tertiary alicyclic amines) is 1. The summed E-state index contributed by atoms with van der Waals surface area (Å²) in [5, 5.41) is 0. The van der Waals surface area contributed by atoms with E-state index in [0.29, 0.717) is 19.6 Å². The van der Waals surface area contributed by atoms with E-state index >= 15 is 0 Å². The molecule has 1 aliphatic heterocycles. The van der Waals surface area contributed by atoms with Crippen LogP contribution < -0.4 is 4.74 Å². The molecule has 3 nitrogen and oxygen atoms in total. The Bertz CT molecular complexity index is 434. The predicted molar refractivity (Wildman–Crippen MR) is 87.1 cm³/mol. The Morgan fingerprint density at radius 1 is 1.27 bits per heavy atom. The van der Waals surface area contributed by atoms with Gasteiger partial charge in [0, 0.05) is 39.3 Å². The first-order valence-corrected chi connectivity index (χ1v) is 7.73. The van der Waals surface area contributed by atoms with Crippen LogP contribution in [-0.4, -0.2) is 30.0 Å². The summed E-state index contributed by atoms with van der Waals surface area (Å²) in [6.07, 6.45) is 6.57. The maximum absolute atomic E-state index is 11.5. The Kier molecular flexibility index (Phi) is 12.4. The molecule has 1 fully saturated rings. The number of rotatable bonds is 7. The molecule has 1 aromatic carbocycles. The first-order valence-electron chi connectivity index (χ1n) is 7.73. The van der Waals surface area contributed by atoms with E-state index in [1.54, 1.807) is 0 Å². The molecule has 1 aliphatic rings. The van der Waals surface area contributed by atoms with Gasteiger partial charge in [0.1, 0.15) is 12.4 Å². The Hall–Kier alpha value is -0.666. The monoisotopic (exact) mass is 377 g/mol. The number of benzene rings is 1. The third-order valence-corrected chi connectivity index (χ3v) is 3.20. The Morgan fingerprint density at radius 2 is 1.95 bits per heavy atom. The minimum absolute atomic E-state index is 0. The van der Waals surface area contributed by atoms with Crippen LogP contribution in [0.3, 0.4) is 0 Å². The van der Waals surface area contributed by atoms with E-state index in [4.69, 9.17) is 4.74 Å². The van der Waals surface area contributed by atoms with Crippen molar-refractivity contribution < 1.29 is 42.2 Å². The van der Waals surface area contributed by atoms with E-state index in [0.717, 1.165) is 18.6 Å². The van der Waals surface area contributed by atoms with Crippen LogP contribution in [0.5, 0.6) is 5.75 Å². The minimum Gasteiger partial charge on any atom is -0.491 e. The number of β-lactam (4-membered cyclic amide) rings is 1. The van der Waals surface area contributed by atoms with Crippen molar-refractivity contribution >= 4 is 5.91 Å². The molecule has 1 amide bonds.